The highest BCUT2D eigenvalue weighted by Gasteiger charge is 2.13. The largest absolute Gasteiger partial charge is 0.490 e. The summed E-state index contributed by atoms with van der Waals surface area (Å²) in [5.41, 5.74) is 2.85. The van der Waals surface area contributed by atoms with Crippen LogP contribution in [0, 0.1) is 0 Å². The Morgan fingerprint density at radius 2 is 1.87 bits per heavy atom. The summed E-state index contributed by atoms with van der Waals surface area (Å²) >= 11 is 3.53. The molecule has 3 rings (SSSR count). The third-order valence-electron chi connectivity index (χ3n) is 4.51. The SMILES string of the molecule is CCOc1cc(C=Nc2ccc(N3CCOCC3)cc2)c(Br)cc1OCC(=O)OC. The first-order valence-corrected chi connectivity index (χ1v) is 10.5. The molecule has 1 aliphatic rings. The summed E-state index contributed by atoms with van der Waals surface area (Å²) in [5.74, 6) is 0.537. The number of ether oxygens (including phenoxy) is 4. The van der Waals surface area contributed by atoms with Gasteiger partial charge in [0, 0.05) is 35.0 Å². The molecular weight excluding hydrogens is 452 g/mol. The number of carbonyl (C=O) groups excluding carboxylic acids is 1. The second kappa shape index (κ2) is 11.0. The number of methoxy groups -OCH3 is 1. The van der Waals surface area contributed by atoms with Crippen LogP contribution in [-0.4, -0.2) is 58.8 Å². The third kappa shape index (κ3) is 5.96. The molecule has 1 saturated heterocycles. The molecule has 7 nitrogen and oxygen atoms in total. The van der Waals surface area contributed by atoms with Gasteiger partial charge in [-0.2, -0.15) is 0 Å². The molecular formula is C22H25BrN2O5. The van der Waals surface area contributed by atoms with Gasteiger partial charge in [0.05, 0.1) is 32.6 Å². The number of rotatable bonds is 8. The van der Waals surface area contributed by atoms with Crippen molar-refractivity contribution >= 4 is 39.5 Å². The molecule has 30 heavy (non-hydrogen) atoms. The number of nitrogens with zero attached hydrogens (tertiary/aromatic N) is 2. The fraction of sp³-hybridized carbons (Fsp3) is 0.364. The van der Waals surface area contributed by atoms with Crippen molar-refractivity contribution in [3.63, 3.8) is 0 Å². The van der Waals surface area contributed by atoms with Crippen molar-refractivity contribution in [1.82, 2.24) is 0 Å². The number of morpholine rings is 1. The molecule has 0 aliphatic carbocycles. The van der Waals surface area contributed by atoms with Crippen LogP contribution in [0.5, 0.6) is 11.5 Å². The first kappa shape index (κ1) is 22.1. The van der Waals surface area contributed by atoms with Gasteiger partial charge in [-0.15, -0.1) is 0 Å². The predicted octanol–water partition coefficient (Wildman–Crippen LogP) is 3.99. The number of aliphatic imine (C=N–C) groups is 1. The summed E-state index contributed by atoms with van der Waals surface area (Å²) in [7, 11) is 1.32. The minimum absolute atomic E-state index is 0.189. The van der Waals surface area contributed by atoms with Crippen LogP contribution in [0.3, 0.4) is 0 Å². The van der Waals surface area contributed by atoms with Crippen LogP contribution >= 0.6 is 15.9 Å². The zero-order valence-electron chi connectivity index (χ0n) is 17.1. The molecule has 0 unspecified atom stereocenters. The van der Waals surface area contributed by atoms with Gasteiger partial charge in [0.15, 0.2) is 18.1 Å². The van der Waals surface area contributed by atoms with Crippen molar-refractivity contribution < 1.29 is 23.7 Å². The van der Waals surface area contributed by atoms with Crippen LogP contribution in [0.15, 0.2) is 45.9 Å². The number of carbonyl (C=O) groups is 1. The Morgan fingerprint density at radius 1 is 1.17 bits per heavy atom. The van der Waals surface area contributed by atoms with Gasteiger partial charge in [-0.05, 0) is 59.3 Å². The lowest BCUT2D eigenvalue weighted by molar-refractivity contribution is -0.142. The Bertz CT molecular complexity index is 880. The summed E-state index contributed by atoms with van der Waals surface area (Å²) < 4.78 is 22.0. The Hall–Kier alpha value is -2.58. The first-order valence-electron chi connectivity index (χ1n) is 9.73. The van der Waals surface area contributed by atoms with E-state index in [-0.39, 0.29) is 6.61 Å². The van der Waals surface area contributed by atoms with Crippen molar-refractivity contribution in [3.05, 3.63) is 46.4 Å². The molecule has 8 heteroatoms. The van der Waals surface area contributed by atoms with Gasteiger partial charge in [-0.25, -0.2) is 4.79 Å². The van der Waals surface area contributed by atoms with Crippen molar-refractivity contribution in [2.24, 2.45) is 4.99 Å². The topological polar surface area (TPSA) is 69.6 Å². The number of anilines is 1. The van der Waals surface area contributed by atoms with E-state index in [2.05, 4.69) is 42.7 Å². The highest BCUT2D eigenvalue weighted by Crippen LogP contribution is 2.33. The normalized spacial score (nSPS) is 14.0. The van der Waals surface area contributed by atoms with Crippen LogP contribution in [0.2, 0.25) is 0 Å². The Balaban J connectivity index is 1.73. The van der Waals surface area contributed by atoms with Crippen molar-refractivity contribution in [3.8, 4) is 11.5 Å². The van der Waals surface area contributed by atoms with E-state index in [1.807, 2.05) is 25.1 Å². The fourth-order valence-electron chi connectivity index (χ4n) is 2.94. The Kier molecular flexibility index (Phi) is 8.10. The number of esters is 1. The molecule has 2 aromatic rings. The molecule has 0 bridgehead atoms. The van der Waals surface area contributed by atoms with E-state index in [4.69, 9.17) is 14.2 Å². The van der Waals surface area contributed by atoms with Gasteiger partial charge < -0.3 is 23.8 Å². The zero-order valence-corrected chi connectivity index (χ0v) is 18.7. The Morgan fingerprint density at radius 3 is 2.53 bits per heavy atom. The maximum absolute atomic E-state index is 11.4. The fourth-order valence-corrected chi connectivity index (χ4v) is 3.37. The highest BCUT2D eigenvalue weighted by atomic mass is 79.9. The molecule has 0 N–H and O–H groups in total. The molecule has 0 radical (unpaired) electrons. The van der Waals surface area contributed by atoms with E-state index < -0.39 is 5.97 Å². The lowest BCUT2D eigenvalue weighted by Crippen LogP contribution is -2.36. The van der Waals surface area contributed by atoms with Crippen molar-refractivity contribution in [1.29, 1.82) is 0 Å². The van der Waals surface area contributed by atoms with Crippen LogP contribution in [0.1, 0.15) is 12.5 Å². The smallest absolute Gasteiger partial charge is 0.343 e. The number of hydrogen-bond acceptors (Lipinski definition) is 7. The first-order chi connectivity index (χ1) is 14.6. The predicted molar refractivity (Wildman–Crippen MR) is 120 cm³/mol. The average Bonchev–Trinajstić information content (AvgIpc) is 2.79. The van der Waals surface area contributed by atoms with E-state index in [0.29, 0.717) is 18.1 Å². The molecule has 0 amide bonds. The lowest BCUT2D eigenvalue weighted by atomic mass is 10.2. The summed E-state index contributed by atoms with van der Waals surface area (Å²) in [6.07, 6.45) is 1.76. The average molecular weight is 477 g/mol. The van der Waals surface area contributed by atoms with Crippen LogP contribution in [-0.2, 0) is 14.3 Å². The van der Waals surface area contributed by atoms with Crippen LogP contribution in [0.25, 0.3) is 0 Å². The maximum Gasteiger partial charge on any atom is 0.343 e. The van der Waals surface area contributed by atoms with E-state index in [0.717, 1.165) is 42.0 Å². The monoisotopic (exact) mass is 476 g/mol. The number of halogens is 1. The molecule has 0 atom stereocenters. The highest BCUT2D eigenvalue weighted by molar-refractivity contribution is 9.10. The van der Waals surface area contributed by atoms with Crippen molar-refractivity contribution in [2.45, 2.75) is 6.92 Å². The molecule has 0 saturated carbocycles. The number of benzene rings is 2. The maximum atomic E-state index is 11.4. The van der Waals surface area contributed by atoms with Crippen LogP contribution in [0.4, 0.5) is 11.4 Å². The van der Waals surface area contributed by atoms with E-state index in [9.17, 15) is 4.79 Å². The molecule has 0 aromatic heterocycles. The van der Waals surface area contributed by atoms with Gasteiger partial charge in [0.1, 0.15) is 0 Å². The molecule has 2 aromatic carbocycles. The van der Waals surface area contributed by atoms with E-state index >= 15 is 0 Å². The second-order valence-corrected chi connectivity index (χ2v) is 7.35. The summed E-state index contributed by atoms with van der Waals surface area (Å²) in [6.45, 7) is 5.49. The molecule has 1 fully saturated rings. The molecule has 1 heterocycles. The number of hydrogen-bond donors (Lipinski definition) is 0. The lowest BCUT2D eigenvalue weighted by Gasteiger charge is -2.28. The van der Waals surface area contributed by atoms with Gasteiger partial charge in [-0.1, -0.05) is 0 Å². The minimum Gasteiger partial charge on any atom is -0.490 e. The Labute approximate surface area is 184 Å². The third-order valence-corrected chi connectivity index (χ3v) is 5.20. The molecule has 0 spiro atoms. The summed E-state index contributed by atoms with van der Waals surface area (Å²) in [6, 6.07) is 11.7. The van der Waals surface area contributed by atoms with E-state index in [1.165, 1.54) is 12.8 Å². The van der Waals surface area contributed by atoms with Crippen molar-refractivity contribution in [2.75, 3.05) is 51.5 Å². The van der Waals surface area contributed by atoms with Gasteiger partial charge in [0.25, 0.3) is 0 Å². The van der Waals surface area contributed by atoms with Gasteiger partial charge >= 0.3 is 5.97 Å². The minimum atomic E-state index is -0.459. The second-order valence-electron chi connectivity index (χ2n) is 6.49. The van der Waals surface area contributed by atoms with Crippen LogP contribution < -0.4 is 14.4 Å². The molecule has 160 valence electrons. The van der Waals surface area contributed by atoms with E-state index in [1.54, 1.807) is 12.3 Å². The quantitative estimate of drug-likeness (QED) is 0.423. The zero-order chi connectivity index (χ0) is 21.3. The summed E-state index contributed by atoms with van der Waals surface area (Å²) in [5, 5.41) is 0. The molecule has 1 aliphatic heterocycles. The van der Waals surface area contributed by atoms with Gasteiger partial charge in [0.2, 0.25) is 0 Å². The standard InChI is InChI=1S/C22H25BrN2O5/c1-3-29-20-12-16(19(23)13-21(20)30-15-22(26)27-2)14-24-17-4-6-18(7-5-17)25-8-10-28-11-9-25/h4-7,12-14H,3,8-11,15H2,1-2H3. The summed E-state index contributed by atoms with van der Waals surface area (Å²) in [4.78, 5) is 18.2. The van der Waals surface area contributed by atoms with Gasteiger partial charge in [-0.3, -0.25) is 4.99 Å².